The minimum atomic E-state index is -0.732. The highest BCUT2D eigenvalue weighted by atomic mass is 35.5. The lowest BCUT2D eigenvalue weighted by Gasteiger charge is -2.12. The van der Waals surface area contributed by atoms with Crippen LogP contribution >= 0.6 is 11.6 Å². The molecular formula is C13H13ClFNO2. The van der Waals surface area contributed by atoms with E-state index in [0.29, 0.717) is 18.1 Å². The number of methoxy groups -OCH3 is 1. The predicted octanol–water partition coefficient (Wildman–Crippen LogP) is 3.27. The first-order valence-corrected chi connectivity index (χ1v) is 5.78. The molecular weight excluding hydrogens is 257 g/mol. The molecule has 1 aromatic heterocycles. The van der Waals surface area contributed by atoms with Crippen molar-refractivity contribution < 1.29 is 13.5 Å². The predicted molar refractivity (Wildman–Crippen MR) is 66.9 cm³/mol. The van der Waals surface area contributed by atoms with E-state index in [1.54, 1.807) is 25.3 Å². The standard InChI is InChI=1S/C13H13ClFNO2/c1-17-7-8-5-6-11(18-8)13(16)12-9(14)3-2-4-10(12)15/h2-6,13H,7,16H2,1H3. The molecule has 0 spiro atoms. The average molecular weight is 270 g/mol. The van der Waals surface area contributed by atoms with Crippen molar-refractivity contribution in [2.24, 2.45) is 5.73 Å². The van der Waals surface area contributed by atoms with E-state index in [2.05, 4.69) is 0 Å². The monoisotopic (exact) mass is 269 g/mol. The van der Waals surface area contributed by atoms with E-state index < -0.39 is 11.9 Å². The van der Waals surface area contributed by atoms with Crippen LogP contribution in [0.25, 0.3) is 0 Å². The Kier molecular flexibility index (Phi) is 4.01. The van der Waals surface area contributed by atoms with Crippen LogP contribution in [0.2, 0.25) is 5.02 Å². The Balaban J connectivity index is 2.32. The molecule has 2 rings (SSSR count). The third-order valence-electron chi connectivity index (χ3n) is 2.59. The van der Waals surface area contributed by atoms with Gasteiger partial charge in [0.15, 0.2) is 0 Å². The first kappa shape index (κ1) is 13.1. The van der Waals surface area contributed by atoms with Gasteiger partial charge in [-0.05, 0) is 24.3 Å². The molecule has 2 aromatic rings. The van der Waals surface area contributed by atoms with E-state index in [9.17, 15) is 4.39 Å². The Labute approximate surface area is 109 Å². The number of furan rings is 1. The van der Waals surface area contributed by atoms with Gasteiger partial charge in [0.1, 0.15) is 23.9 Å². The van der Waals surface area contributed by atoms with E-state index in [1.165, 1.54) is 12.1 Å². The van der Waals surface area contributed by atoms with Crippen LogP contribution in [0.5, 0.6) is 0 Å². The summed E-state index contributed by atoms with van der Waals surface area (Å²) >= 11 is 5.96. The summed E-state index contributed by atoms with van der Waals surface area (Å²) in [7, 11) is 1.57. The Bertz CT molecular complexity index is 521. The van der Waals surface area contributed by atoms with Crippen LogP contribution in [0.15, 0.2) is 34.7 Å². The second kappa shape index (κ2) is 5.52. The third-order valence-corrected chi connectivity index (χ3v) is 2.92. The molecule has 96 valence electrons. The summed E-state index contributed by atoms with van der Waals surface area (Å²) in [5, 5.41) is 0.284. The molecule has 0 aliphatic carbocycles. The number of hydrogen-bond donors (Lipinski definition) is 1. The van der Waals surface area contributed by atoms with Gasteiger partial charge in [0.05, 0.1) is 6.04 Å². The van der Waals surface area contributed by atoms with Crippen molar-refractivity contribution in [1.82, 2.24) is 0 Å². The second-order valence-corrected chi connectivity index (χ2v) is 4.26. The van der Waals surface area contributed by atoms with Crippen molar-refractivity contribution in [3.05, 3.63) is 58.3 Å². The molecule has 18 heavy (non-hydrogen) atoms. The molecule has 0 aliphatic rings. The number of ether oxygens (including phenoxy) is 1. The lowest BCUT2D eigenvalue weighted by atomic mass is 10.0. The molecule has 5 heteroatoms. The number of rotatable bonds is 4. The van der Waals surface area contributed by atoms with Crippen LogP contribution in [-0.2, 0) is 11.3 Å². The quantitative estimate of drug-likeness (QED) is 0.927. The summed E-state index contributed by atoms with van der Waals surface area (Å²) in [6.45, 7) is 0.345. The number of benzene rings is 1. The number of hydrogen-bond acceptors (Lipinski definition) is 3. The molecule has 0 radical (unpaired) electrons. The van der Waals surface area contributed by atoms with Crippen molar-refractivity contribution in [3.63, 3.8) is 0 Å². The van der Waals surface area contributed by atoms with E-state index in [0.717, 1.165) is 0 Å². The molecule has 0 amide bonds. The van der Waals surface area contributed by atoms with Crippen molar-refractivity contribution in [3.8, 4) is 0 Å². The van der Waals surface area contributed by atoms with Gasteiger partial charge in [-0.25, -0.2) is 4.39 Å². The summed E-state index contributed by atoms with van der Waals surface area (Å²) in [5.74, 6) is 0.643. The maximum absolute atomic E-state index is 13.7. The fraction of sp³-hybridized carbons (Fsp3) is 0.231. The van der Waals surface area contributed by atoms with Crippen LogP contribution in [0.3, 0.4) is 0 Å². The van der Waals surface area contributed by atoms with E-state index >= 15 is 0 Å². The molecule has 2 N–H and O–H groups in total. The molecule has 0 bridgehead atoms. The second-order valence-electron chi connectivity index (χ2n) is 3.85. The van der Waals surface area contributed by atoms with Crippen molar-refractivity contribution in [2.45, 2.75) is 12.6 Å². The zero-order valence-electron chi connectivity index (χ0n) is 9.82. The van der Waals surface area contributed by atoms with E-state index in [-0.39, 0.29) is 10.6 Å². The van der Waals surface area contributed by atoms with E-state index in [4.69, 9.17) is 26.5 Å². The smallest absolute Gasteiger partial charge is 0.129 e. The van der Waals surface area contributed by atoms with Gasteiger partial charge in [-0.2, -0.15) is 0 Å². The average Bonchev–Trinajstić information content (AvgIpc) is 2.78. The highest BCUT2D eigenvalue weighted by Gasteiger charge is 2.20. The highest BCUT2D eigenvalue weighted by molar-refractivity contribution is 6.31. The maximum atomic E-state index is 13.7. The van der Waals surface area contributed by atoms with Crippen LogP contribution in [0.4, 0.5) is 4.39 Å². The largest absolute Gasteiger partial charge is 0.462 e. The first-order chi connectivity index (χ1) is 8.63. The maximum Gasteiger partial charge on any atom is 0.129 e. The zero-order chi connectivity index (χ0) is 13.1. The van der Waals surface area contributed by atoms with Gasteiger partial charge >= 0.3 is 0 Å². The lowest BCUT2D eigenvalue weighted by molar-refractivity contribution is 0.162. The Morgan fingerprint density at radius 3 is 2.83 bits per heavy atom. The minimum Gasteiger partial charge on any atom is -0.462 e. The SMILES string of the molecule is COCc1ccc(C(N)c2c(F)cccc2Cl)o1. The van der Waals surface area contributed by atoms with Gasteiger partial charge < -0.3 is 14.9 Å². The minimum absolute atomic E-state index is 0.234. The third kappa shape index (κ3) is 2.56. The summed E-state index contributed by atoms with van der Waals surface area (Å²) in [4.78, 5) is 0. The Morgan fingerprint density at radius 1 is 1.39 bits per heavy atom. The van der Waals surface area contributed by atoms with Crippen molar-refractivity contribution in [2.75, 3.05) is 7.11 Å². The van der Waals surface area contributed by atoms with Crippen molar-refractivity contribution in [1.29, 1.82) is 0 Å². The molecule has 0 fully saturated rings. The van der Waals surface area contributed by atoms with Crippen LogP contribution in [0, 0.1) is 5.82 Å². The van der Waals surface area contributed by atoms with Gasteiger partial charge in [-0.3, -0.25) is 0 Å². The Morgan fingerprint density at radius 2 is 2.17 bits per heavy atom. The summed E-state index contributed by atoms with van der Waals surface area (Å²) < 4.78 is 24.1. The topological polar surface area (TPSA) is 48.4 Å². The van der Waals surface area contributed by atoms with Crippen LogP contribution < -0.4 is 5.73 Å². The number of nitrogens with two attached hydrogens (primary N) is 1. The Hall–Kier alpha value is -1.36. The molecule has 1 aromatic carbocycles. The first-order valence-electron chi connectivity index (χ1n) is 5.40. The van der Waals surface area contributed by atoms with Gasteiger partial charge in [0.2, 0.25) is 0 Å². The van der Waals surface area contributed by atoms with Gasteiger partial charge in [0, 0.05) is 17.7 Å². The highest BCUT2D eigenvalue weighted by Crippen LogP contribution is 2.29. The molecule has 1 heterocycles. The van der Waals surface area contributed by atoms with Crippen molar-refractivity contribution >= 4 is 11.6 Å². The summed E-state index contributed by atoms with van der Waals surface area (Å²) in [5.41, 5.74) is 6.20. The van der Waals surface area contributed by atoms with Gasteiger partial charge in [0.25, 0.3) is 0 Å². The molecule has 1 atom stereocenters. The fourth-order valence-corrected chi connectivity index (χ4v) is 2.01. The molecule has 0 aliphatic heterocycles. The summed E-state index contributed by atoms with van der Waals surface area (Å²) in [6.07, 6.45) is 0. The zero-order valence-corrected chi connectivity index (χ0v) is 10.6. The van der Waals surface area contributed by atoms with Gasteiger partial charge in [-0.15, -0.1) is 0 Å². The number of halogens is 2. The van der Waals surface area contributed by atoms with Crippen LogP contribution in [-0.4, -0.2) is 7.11 Å². The summed E-state index contributed by atoms with van der Waals surface area (Å²) in [6, 6.07) is 7.16. The molecule has 0 saturated heterocycles. The lowest BCUT2D eigenvalue weighted by Crippen LogP contribution is -2.13. The molecule has 3 nitrogen and oxygen atoms in total. The van der Waals surface area contributed by atoms with Crippen LogP contribution in [0.1, 0.15) is 23.1 Å². The molecule has 0 saturated carbocycles. The fourth-order valence-electron chi connectivity index (χ4n) is 1.73. The van der Waals surface area contributed by atoms with Gasteiger partial charge in [-0.1, -0.05) is 17.7 Å². The molecule has 1 unspecified atom stereocenters. The normalized spacial score (nSPS) is 12.7. The van der Waals surface area contributed by atoms with E-state index in [1.807, 2.05) is 0 Å².